The van der Waals surface area contributed by atoms with E-state index in [9.17, 15) is 17.2 Å². The van der Waals surface area contributed by atoms with Crippen LogP contribution in [0.1, 0.15) is 5.69 Å². The van der Waals surface area contributed by atoms with Crippen molar-refractivity contribution in [3.63, 3.8) is 0 Å². The number of aromatic amines is 1. The van der Waals surface area contributed by atoms with E-state index >= 15 is 0 Å². The first-order chi connectivity index (χ1) is 17.7. The van der Waals surface area contributed by atoms with Gasteiger partial charge in [-0.05, 0) is 49.4 Å². The number of nitrogens with one attached hydrogen (secondary N) is 2. The van der Waals surface area contributed by atoms with Crippen LogP contribution in [-0.2, 0) is 10.0 Å². The molecule has 3 aromatic heterocycles. The predicted molar refractivity (Wildman–Crippen MR) is 132 cm³/mol. The van der Waals surface area contributed by atoms with Crippen LogP contribution in [0, 0.1) is 18.6 Å². The summed E-state index contributed by atoms with van der Waals surface area (Å²) in [6.45, 7) is 1.85. The highest BCUT2D eigenvalue weighted by Crippen LogP contribution is 2.33. The van der Waals surface area contributed by atoms with E-state index < -0.39 is 26.6 Å². The van der Waals surface area contributed by atoms with Crippen LogP contribution in [0.5, 0.6) is 17.5 Å². The number of hydrogen-bond donors (Lipinski definition) is 2. The number of hydrogen-bond acceptors (Lipinski definition) is 7. The molecule has 0 aliphatic heterocycles. The molecule has 2 aromatic carbocycles. The van der Waals surface area contributed by atoms with Gasteiger partial charge in [0, 0.05) is 23.0 Å². The van der Waals surface area contributed by atoms with Crippen LogP contribution in [0.15, 0.2) is 71.8 Å². The number of benzene rings is 2. The molecule has 0 saturated carbocycles. The fourth-order valence-electron chi connectivity index (χ4n) is 3.63. The van der Waals surface area contributed by atoms with Gasteiger partial charge in [0.2, 0.25) is 11.8 Å². The Hall–Kier alpha value is -4.58. The largest absolute Gasteiger partial charge is 0.481 e. The average Bonchev–Trinajstić information content (AvgIpc) is 3.27. The van der Waals surface area contributed by atoms with Crippen molar-refractivity contribution in [2.45, 2.75) is 11.8 Å². The number of H-pyrrole nitrogens is 1. The van der Waals surface area contributed by atoms with E-state index in [4.69, 9.17) is 9.47 Å². The lowest BCUT2D eigenvalue weighted by Crippen LogP contribution is -2.14. The fraction of sp³-hybridized carbons (Fsp3) is 0.0800. The van der Waals surface area contributed by atoms with E-state index in [-0.39, 0.29) is 5.69 Å². The summed E-state index contributed by atoms with van der Waals surface area (Å²) >= 11 is 0. The van der Waals surface area contributed by atoms with Crippen molar-refractivity contribution >= 4 is 26.6 Å². The third-order valence-corrected chi connectivity index (χ3v) is 6.83. The van der Waals surface area contributed by atoms with Gasteiger partial charge in [0.1, 0.15) is 22.3 Å². The van der Waals surface area contributed by atoms with Crippen LogP contribution < -0.4 is 14.2 Å². The molecule has 0 spiro atoms. The second-order valence-electron chi connectivity index (χ2n) is 7.95. The Balaban J connectivity index is 1.45. The molecule has 37 heavy (non-hydrogen) atoms. The second-order valence-corrected chi connectivity index (χ2v) is 9.60. The molecule has 0 radical (unpaired) electrons. The highest BCUT2D eigenvalue weighted by molar-refractivity contribution is 7.92. The smallest absolute Gasteiger partial charge is 0.264 e. The van der Waals surface area contributed by atoms with Gasteiger partial charge in [0.05, 0.1) is 29.9 Å². The zero-order chi connectivity index (χ0) is 26.2. The number of rotatable bonds is 7. The number of nitrogens with zero attached hydrogens (tertiary/aromatic N) is 3. The quantitative estimate of drug-likeness (QED) is 0.301. The van der Waals surface area contributed by atoms with Crippen LogP contribution >= 0.6 is 0 Å². The lowest BCUT2D eigenvalue weighted by atomic mass is 10.1. The number of pyridine rings is 2. The zero-order valence-electron chi connectivity index (χ0n) is 19.5. The van der Waals surface area contributed by atoms with E-state index in [0.717, 1.165) is 17.8 Å². The van der Waals surface area contributed by atoms with Crippen LogP contribution in [0.2, 0.25) is 0 Å². The number of aromatic nitrogens is 4. The average molecular weight is 524 g/mol. The van der Waals surface area contributed by atoms with Crippen molar-refractivity contribution in [2.24, 2.45) is 0 Å². The van der Waals surface area contributed by atoms with Gasteiger partial charge in [0.25, 0.3) is 10.0 Å². The summed E-state index contributed by atoms with van der Waals surface area (Å²) in [5.41, 5.74) is 2.69. The highest BCUT2D eigenvalue weighted by atomic mass is 32.2. The molecule has 9 nitrogen and oxygen atoms in total. The first-order valence-corrected chi connectivity index (χ1v) is 12.3. The third-order valence-electron chi connectivity index (χ3n) is 5.43. The molecule has 0 amide bonds. The maximum absolute atomic E-state index is 14.0. The second kappa shape index (κ2) is 9.47. The molecule has 188 valence electrons. The summed E-state index contributed by atoms with van der Waals surface area (Å²) in [6, 6.07) is 13.6. The van der Waals surface area contributed by atoms with Crippen LogP contribution in [0.3, 0.4) is 0 Å². The molecule has 2 N–H and O–H groups in total. The number of aryl methyl sites for hydroxylation is 1. The summed E-state index contributed by atoms with van der Waals surface area (Å²) in [5, 5.41) is 7.92. The van der Waals surface area contributed by atoms with E-state index in [1.54, 1.807) is 30.3 Å². The van der Waals surface area contributed by atoms with E-state index in [0.29, 0.717) is 45.7 Å². The fourth-order valence-corrected chi connectivity index (χ4v) is 4.78. The maximum Gasteiger partial charge on any atom is 0.264 e. The molecule has 0 unspecified atom stereocenters. The Morgan fingerprint density at radius 3 is 2.49 bits per heavy atom. The lowest BCUT2D eigenvalue weighted by molar-refractivity contribution is 0.394. The van der Waals surface area contributed by atoms with Crippen molar-refractivity contribution in [1.29, 1.82) is 0 Å². The topological polar surface area (TPSA) is 119 Å². The number of sulfonamides is 1. The van der Waals surface area contributed by atoms with E-state index in [1.165, 1.54) is 25.4 Å². The Morgan fingerprint density at radius 1 is 1.00 bits per heavy atom. The van der Waals surface area contributed by atoms with Crippen molar-refractivity contribution in [2.75, 3.05) is 11.8 Å². The van der Waals surface area contributed by atoms with Gasteiger partial charge in [-0.3, -0.25) is 9.82 Å². The van der Waals surface area contributed by atoms with Gasteiger partial charge >= 0.3 is 0 Å². The number of halogens is 2. The molecule has 12 heteroatoms. The van der Waals surface area contributed by atoms with Gasteiger partial charge in [-0.2, -0.15) is 5.10 Å². The molecule has 0 fully saturated rings. The van der Waals surface area contributed by atoms with Crippen LogP contribution in [0.25, 0.3) is 22.2 Å². The molecular formula is C25H19F2N5O4S. The Kier molecular flexibility index (Phi) is 6.17. The van der Waals surface area contributed by atoms with Crippen molar-refractivity contribution < 1.29 is 26.7 Å². The van der Waals surface area contributed by atoms with Crippen molar-refractivity contribution in [3.8, 4) is 28.8 Å². The molecular weight excluding hydrogens is 504 g/mol. The Labute approximate surface area is 210 Å². The standard InChI is InChI=1S/C25H19F2N5O4S/c1-14-24-21(31-30-14)12-20(29-25(24)36-18-8-10-23(35-2)28-13-18)15-3-6-17(7-4-15)32-37(33,34)22-11-16(26)5-9-19(22)27/h3-13,32H,1-2H3,(H,30,31). The number of methoxy groups -OCH3 is 1. The minimum atomic E-state index is -4.35. The predicted octanol–water partition coefficient (Wildman–Crippen LogP) is 5.21. The number of ether oxygens (including phenoxy) is 2. The minimum Gasteiger partial charge on any atom is -0.481 e. The van der Waals surface area contributed by atoms with Crippen LogP contribution in [0.4, 0.5) is 14.5 Å². The summed E-state index contributed by atoms with van der Waals surface area (Å²) in [5.74, 6) is -0.735. The van der Waals surface area contributed by atoms with Crippen LogP contribution in [-0.4, -0.2) is 35.7 Å². The van der Waals surface area contributed by atoms with E-state index in [1.807, 2.05) is 6.92 Å². The molecule has 3 heterocycles. The molecule has 5 rings (SSSR count). The molecule has 0 aliphatic rings. The van der Waals surface area contributed by atoms with Gasteiger partial charge < -0.3 is 9.47 Å². The Morgan fingerprint density at radius 2 is 1.78 bits per heavy atom. The normalized spacial score (nSPS) is 11.5. The Bertz CT molecular complexity index is 1710. The summed E-state index contributed by atoms with van der Waals surface area (Å²) in [7, 11) is -2.83. The summed E-state index contributed by atoms with van der Waals surface area (Å²) in [6.07, 6.45) is 1.51. The monoisotopic (exact) mass is 523 g/mol. The molecule has 0 atom stereocenters. The zero-order valence-corrected chi connectivity index (χ0v) is 20.3. The van der Waals surface area contributed by atoms with Crippen molar-refractivity contribution in [3.05, 3.63) is 84.2 Å². The minimum absolute atomic E-state index is 0.157. The summed E-state index contributed by atoms with van der Waals surface area (Å²) < 4.78 is 65.9. The number of fused-ring (bicyclic) bond motifs is 1. The molecule has 0 aliphatic carbocycles. The highest BCUT2D eigenvalue weighted by Gasteiger charge is 2.20. The van der Waals surface area contributed by atoms with Gasteiger partial charge in [-0.1, -0.05) is 12.1 Å². The molecule has 0 saturated heterocycles. The lowest BCUT2D eigenvalue weighted by Gasteiger charge is -2.11. The van der Waals surface area contributed by atoms with Gasteiger partial charge in [0.15, 0.2) is 0 Å². The van der Waals surface area contributed by atoms with E-state index in [2.05, 4.69) is 24.9 Å². The SMILES string of the molecule is COc1ccc(Oc2nc(-c3ccc(NS(=O)(=O)c4cc(F)ccc4F)cc3)cc3n[nH]c(C)c23)cn1. The molecule has 5 aromatic rings. The van der Waals surface area contributed by atoms with Gasteiger partial charge in [-0.25, -0.2) is 27.2 Å². The first-order valence-electron chi connectivity index (χ1n) is 10.9. The number of anilines is 1. The maximum atomic E-state index is 14.0. The van der Waals surface area contributed by atoms with Crippen molar-refractivity contribution in [1.82, 2.24) is 20.2 Å². The molecule has 0 bridgehead atoms. The first kappa shape index (κ1) is 24.1. The third kappa shape index (κ3) is 4.91. The summed E-state index contributed by atoms with van der Waals surface area (Å²) in [4.78, 5) is 8.00. The van der Waals surface area contributed by atoms with Gasteiger partial charge in [-0.15, -0.1) is 0 Å².